The van der Waals surface area contributed by atoms with E-state index in [2.05, 4.69) is 0 Å². The Bertz CT molecular complexity index is 1040. The fourth-order valence-electron chi connectivity index (χ4n) is 3.55. The van der Waals surface area contributed by atoms with Crippen LogP contribution < -0.4 is 16.2 Å². The van der Waals surface area contributed by atoms with E-state index in [1.54, 1.807) is 41.3 Å². The predicted molar refractivity (Wildman–Crippen MR) is 132 cm³/mol. The maximum atomic E-state index is 12.3. The fourth-order valence-corrected chi connectivity index (χ4v) is 3.55. The molecule has 0 aromatic heterocycles. The van der Waals surface area contributed by atoms with Crippen molar-refractivity contribution in [3.8, 4) is 5.75 Å². The zero-order valence-corrected chi connectivity index (χ0v) is 19.9. The van der Waals surface area contributed by atoms with Gasteiger partial charge >= 0.3 is 11.9 Å². The number of guanidine groups is 1. The van der Waals surface area contributed by atoms with E-state index in [-0.39, 0.29) is 31.9 Å². The van der Waals surface area contributed by atoms with Gasteiger partial charge in [-0.2, -0.15) is 0 Å². The average Bonchev–Trinajstić information content (AvgIpc) is 2.88. The van der Waals surface area contributed by atoms with Gasteiger partial charge in [-0.05, 0) is 29.8 Å². The van der Waals surface area contributed by atoms with Crippen LogP contribution in [0.15, 0.2) is 54.6 Å². The minimum absolute atomic E-state index is 0.0177. The number of hydrogen-bond acceptors (Lipinski definition) is 8. The summed E-state index contributed by atoms with van der Waals surface area (Å²) in [4.78, 5) is 26.3. The lowest BCUT2D eigenvalue weighted by Gasteiger charge is -2.32. The summed E-state index contributed by atoms with van der Waals surface area (Å²) in [7, 11) is 0. The monoisotopic (exact) mass is 497 g/mol. The molecule has 36 heavy (non-hydrogen) atoms. The number of amidine groups is 1. The lowest BCUT2D eigenvalue weighted by molar-refractivity contribution is -0.154. The van der Waals surface area contributed by atoms with Gasteiger partial charge in [0.15, 0.2) is 5.96 Å². The van der Waals surface area contributed by atoms with E-state index in [4.69, 9.17) is 41.2 Å². The molecule has 0 aliphatic carbocycles. The largest absolute Gasteiger partial charge is 0.490 e. The number of nitrogens with zero attached hydrogens (tertiary/aromatic N) is 1. The molecule has 0 amide bonds. The number of rotatable bonds is 11. The van der Waals surface area contributed by atoms with Crippen molar-refractivity contribution in [2.45, 2.75) is 31.7 Å². The number of hydrogen-bond donors (Lipinski definition) is 4. The molecule has 0 spiro atoms. The van der Waals surface area contributed by atoms with E-state index in [1.165, 1.54) is 0 Å². The molecule has 1 unspecified atom stereocenters. The van der Waals surface area contributed by atoms with Crippen LogP contribution >= 0.6 is 0 Å². The third-order valence-electron chi connectivity index (χ3n) is 5.50. The van der Waals surface area contributed by atoms with Crippen LogP contribution in [0.2, 0.25) is 0 Å². The zero-order valence-electron chi connectivity index (χ0n) is 19.9. The van der Waals surface area contributed by atoms with E-state index in [0.29, 0.717) is 24.4 Å². The third kappa shape index (κ3) is 7.98. The molecule has 11 nitrogen and oxygen atoms in total. The number of piperidine rings is 1. The van der Waals surface area contributed by atoms with Crippen molar-refractivity contribution in [2.24, 2.45) is 11.5 Å². The fraction of sp³-hybridized carbons (Fsp3) is 0.360. The van der Waals surface area contributed by atoms with Crippen LogP contribution in [0.4, 0.5) is 0 Å². The molecule has 1 aliphatic rings. The summed E-state index contributed by atoms with van der Waals surface area (Å²) in [6.45, 7) is 1.08. The van der Waals surface area contributed by atoms with Crippen molar-refractivity contribution in [3.63, 3.8) is 0 Å². The van der Waals surface area contributed by atoms with Crippen LogP contribution in [0.1, 0.15) is 28.8 Å². The first-order chi connectivity index (χ1) is 17.3. The van der Waals surface area contributed by atoms with Crippen molar-refractivity contribution < 1.29 is 28.5 Å². The zero-order chi connectivity index (χ0) is 25.9. The second kappa shape index (κ2) is 13.1. The number of nitrogens with two attached hydrogens (primary N) is 2. The van der Waals surface area contributed by atoms with Crippen LogP contribution in [0.5, 0.6) is 5.75 Å². The Balaban J connectivity index is 1.38. The van der Waals surface area contributed by atoms with Crippen molar-refractivity contribution in [3.05, 3.63) is 65.7 Å². The first-order valence-corrected chi connectivity index (χ1v) is 11.5. The normalized spacial score (nSPS) is 14.5. The average molecular weight is 498 g/mol. The first-order valence-electron chi connectivity index (χ1n) is 11.5. The van der Waals surface area contributed by atoms with Gasteiger partial charge in [0, 0.05) is 25.9 Å². The number of carbonyl (C=O) groups excluding carboxylic acids is 2. The van der Waals surface area contributed by atoms with Crippen molar-refractivity contribution in [2.75, 3.05) is 26.3 Å². The van der Waals surface area contributed by atoms with Gasteiger partial charge in [0.05, 0.1) is 12.2 Å². The quantitative estimate of drug-likeness (QED) is 0.156. The number of benzene rings is 2. The predicted octanol–water partition coefficient (Wildman–Crippen LogP) is 1.64. The second-order valence-electron chi connectivity index (χ2n) is 8.15. The van der Waals surface area contributed by atoms with Gasteiger partial charge in [0.25, 0.3) is 0 Å². The smallest absolute Gasteiger partial charge is 0.343 e. The molecular weight excluding hydrogens is 466 g/mol. The molecule has 6 N–H and O–H groups in total. The van der Waals surface area contributed by atoms with Gasteiger partial charge in [0.1, 0.15) is 30.9 Å². The number of nitrogens with one attached hydrogen (secondary N) is 2. The van der Waals surface area contributed by atoms with Crippen molar-refractivity contribution in [1.29, 1.82) is 10.8 Å². The molecule has 0 radical (unpaired) electrons. The molecule has 1 atom stereocenters. The molecule has 0 saturated carbocycles. The molecule has 11 heteroatoms. The Kier molecular flexibility index (Phi) is 9.64. The van der Waals surface area contributed by atoms with Crippen LogP contribution in [0.3, 0.4) is 0 Å². The van der Waals surface area contributed by atoms with E-state index >= 15 is 0 Å². The second-order valence-corrected chi connectivity index (χ2v) is 8.15. The highest BCUT2D eigenvalue weighted by Gasteiger charge is 2.25. The summed E-state index contributed by atoms with van der Waals surface area (Å²) in [5, 5.41) is 15.1. The van der Waals surface area contributed by atoms with E-state index < -0.39 is 23.9 Å². The van der Waals surface area contributed by atoms with Crippen molar-refractivity contribution in [1.82, 2.24) is 4.90 Å². The highest BCUT2D eigenvalue weighted by Crippen LogP contribution is 2.20. The topological polar surface area (TPSA) is 174 Å². The molecule has 2 aromatic rings. The molecule has 1 heterocycles. The lowest BCUT2D eigenvalue weighted by Crippen LogP contribution is -2.44. The number of carbonyl (C=O) groups is 2. The standard InChI is InChI=1S/C25H31N5O6/c26-22(27)21(24(32)35-16-17-4-2-1-3-5-17)33-14-15-34-23(31)18-6-8-19(9-7-18)36-20-10-12-30(13-11-20)25(28)29/h1-9,20-21H,10-16H2,(H3,26,27)(H3,28,29). The minimum atomic E-state index is -1.38. The van der Waals surface area contributed by atoms with Crippen molar-refractivity contribution >= 4 is 23.7 Å². The molecule has 192 valence electrons. The summed E-state index contributed by atoms with van der Waals surface area (Å²) in [6.07, 6.45) is 0.143. The number of ether oxygens (including phenoxy) is 4. The summed E-state index contributed by atoms with van der Waals surface area (Å²) in [5.74, 6) is -1.15. The minimum Gasteiger partial charge on any atom is -0.490 e. The molecule has 0 bridgehead atoms. The third-order valence-corrected chi connectivity index (χ3v) is 5.50. The van der Waals surface area contributed by atoms with E-state index in [0.717, 1.165) is 18.4 Å². The summed E-state index contributed by atoms with van der Waals surface area (Å²) >= 11 is 0. The summed E-state index contributed by atoms with van der Waals surface area (Å²) in [6, 6.07) is 15.7. The Morgan fingerprint density at radius 2 is 1.61 bits per heavy atom. The lowest BCUT2D eigenvalue weighted by atomic mass is 10.1. The van der Waals surface area contributed by atoms with Gasteiger partial charge in [0.2, 0.25) is 6.10 Å². The molecule has 1 saturated heterocycles. The van der Waals surface area contributed by atoms with Gasteiger partial charge < -0.3 is 35.3 Å². The summed E-state index contributed by atoms with van der Waals surface area (Å²) < 4.78 is 21.6. The van der Waals surface area contributed by atoms with Gasteiger partial charge in [-0.1, -0.05) is 30.3 Å². The Hall–Kier alpha value is -4.12. The Labute approximate surface area is 209 Å². The highest BCUT2D eigenvalue weighted by molar-refractivity contribution is 6.01. The maximum absolute atomic E-state index is 12.3. The van der Waals surface area contributed by atoms with Crippen LogP contribution in [0.25, 0.3) is 0 Å². The van der Waals surface area contributed by atoms with Crippen LogP contribution in [-0.4, -0.2) is 67.1 Å². The highest BCUT2D eigenvalue weighted by atomic mass is 16.6. The molecule has 1 fully saturated rings. The number of esters is 2. The first kappa shape index (κ1) is 26.5. The maximum Gasteiger partial charge on any atom is 0.343 e. The number of likely N-dealkylation sites (tertiary alicyclic amines) is 1. The molecule has 2 aromatic carbocycles. The summed E-state index contributed by atoms with van der Waals surface area (Å²) in [5.41, 5.74) is 12.1. The Morgan fingerprint density at radius 1 is 0.944 bits per heavy atom. The molecular formula is C25H31N5O6. The van der Waals surface area contributed by atoms with E-state index in [9.17, 15) is 9.59 Å². The molecule has 1 aliphatic heterocycles. The molecule has 3 rings (SSSR count). The SMILES string of the molecule is N=C(N)C(OCCOC(=O)c1ccc(OC2CCN(C(=N)N)CC2)cc1)C(=O)OCc1ccccc1. The van der Waals surface area contributed by atoms with Gasteiger partial charge in [-0.3, -0.25) is 10.8 Å². The van der Waals surface area contributed by atoms with Crippen LogP contribution in [-0.2, 0) is 25.6 Å². The van der Waals surface area contributed by atoms with Gasteiger partial charge in [-0.25, -0.2) is 9.59 Å². The van der Waals surface area contributed by atoms with E-state index in [1.807, 2.05) is 18.2 Å². The van der Waals surface area contributed by atoms with Gasteiger partial charge in [-0.15, -0.1) is 0 Å². The van der Waals surface area contributed by atoms with Crippen LogP contribution in [0, 0.1) is 10.8 Å². The Morgan fingerprint density at radius 3 is 2.22 bits per heavy atom.